The number of hydrogen-bond acceptors (Lipinski definition) is 5. The van der Waals surface area contributed by atoms with Crippen LogP contribution in [0.1, 0.15) is 39.8 Å². The minimum Gasteiger partial charge on any atom is -0.481 e. The van der Waals surface area contributed by atoms with Crippen LogP contribution in [0.5, 0.6) is 0 Å². The Morgan fingerprint density at radius 1 is 0.943 bits per heavy atom. The number of aliphatic carboxylic acids is 1. The second-order valence-corrected chi connectivity index (χ2v) is 8.59. The topological polar surface area (TPSA) is 118 Å². The van der Waals surface area contributed by atoms with Gasteiger partial charge in [-0.05, 0) is 40.8 Å². The molecule has 3 aromatic rings. The average Bonchev–Trinajstić information content (AvgIpc) is 3.59. The Balaban J connectivity index is 1.12. The number of benzene rings is 2. The molecule has 0 aliphatic heterocycles. The third-order valence-electron chi connectivity index (χ3n) is 6.35. The van der Waals surface area contributed by atoms with E-state index in [-0.39, 0.29) is 30.9 Å². The Morgan fingerprint density at radius 2 is 1.63 bits per heavy atom. The molecule has 0 spiro atoms. The van der Waals surface area contributed by atoms with Crippen molar-refractivity contribution in [1.29, 1.82) is 0 Å². The molecule has 3 N–H and O–H groups in total. The van der Waals surface area contributed by atoms with Gasteiger partial charge in [0.25, 0.3) is 5.91 Å². The van der Waals surface area contributed by atoms with Crippen LogP contribution in [0.4, 0.5) is 4.79 Å². The number of amides is 2. The van der Waals surface area contributed by atoms with Gasteiger partial charge in [0.1, 0.15) is 12.4 Å². The van der Waals surface area contributed by atoms with Crippen LogP contribution in [0.25, 0.3) is 11.1 Å². The van der Waals surface area contributed by atoms with Crippen LogP contribution in [-0.2, 0) is 16.1 Å². The van der Waals surface area contributed by atoms with E-state index in [1.807, 2.05) is 24.3 Å². The van der Waals surface area contributed by atoms with E-state index in [9.17, 15) is 14.4 Å². The lowest BCUT2D eigenvalue weighted by Crippen LogP contribution is -2.33. The van der Waals surface area contributed by atoms with Gasteiger partial charge in [0, 0.05) is 12.0 Å². The molecule has 5 rings (SSSR count). The van der Waals surface area contributed by atoms with E-state index in [0.29, 0.717) is 12.2 Å². The number of carbonyl (C=O) groups excluding carboxylic acids is 2. The number of ether oxygens (including phenoxy) is 1. The molecule has 35 heavy (non-hydrogen) atoms. The number of furan rings is 1. The normalized spacial score (nSPS) is 18.1. The van der Waals surface area contributed by atoms with Crippen molar-refractivity contribution in [2.45, 2.75) is 24.9 Å². The molecule has 0 fully saturated rings. The van der Waals surface area contributed by atoms with Crippen LogP contribution < -0.4 is 10.6 Å². The van der Waals surface area contributed by atoms with Crippen LogP contribution in [0.15, 0.2) is 77.2 Å². The molecule has 178 valence electrons. The van der Waals surface area contributed by atoms with Crippen molar-refractivity contribution in [3.63, 3.8) is 0 Å². The SMILES string of the molecule is O=C(NCc1ccc(C(=O)NC2C=CC(C(=O)O)C2)o1)OCC1c2ccccc2-c2ccccc21. The predicted molar refractivity (Wildman–Crippen MR) is 127 cm³/mol. The molecule has 0 radical (unpaired) electrons. The molecule has 0 saturated carbocycles. The van der Waals surface area contributed by atoms with Gasteiger partial charge >= 0.3 is 12.1 Å². The second-order valence-electron chi connectivity index (χ2n) is 8.59. The minimum atomic E-state index is -0.919. The Bertz CT molecular complexity index is 1260. The number of nitrogens with one attached hydrogen (secondary N) is 2. The van der Waals surface area contributed by atoms with Crippen molar-refractivity contribution in [1.82, 2.24) is 10.6 Å². The van der Waals surface area contributed by atoms with Crippen LogP contribution in [-0.4, -0.2) is 35.7 Å². The van der Waals surface area contributed by atoms with E-state index in [1.165, 1.54) is 6.07 Å². The zero-order chi connectivity index (χ0) is 24.4. The highest BCUT2D eigenvalue weighted by Gasteiger charge is 2.29. The van der Waals surface area contributed by atoms with Gasteiger partial charge in [-0.1, -0.05) is 60.7 Å². The third kappa shape index (κ3) is 4.68. The summed E-state index contributed by atoms with van der Waals surface area (Å²) in [4.78, 5) is 35.8. The van der Waals surface area contributed by atoms with Crippen molar-refractivity contribution in [2.75, 3.05) is 6.61 Å². The molecule has 8 nitrogen and oxygen atoms in total. The monoisotopic (exact) mass is 472 g/mol. The first-order valence-corrected chi connectivity index (χ1v) is 11.4. The Labute approximate surface area is 201 Å². The van der Waals surface area contributed by atoms with Crippen molar-refractivity contribution in [2.24, 2.45) is 5.92 Å². The van der Waals surface area contributed by atoms with Gasteiger partial charge < -0.3 is 24.9 Å². The van der Waals surface area contributed by atoms with Crippen molar-refractivity contribution < 1.29 is 28.6 Å². The number of carbonyl (C=O) groups is 3. The number of carboxylic acid groups (broad SMARTS) is 1. The smallest absolute Gasteiger partial charge is 0.407 e. The molecule has 1 heterocycles. The maximum absolute atomic E-state index is 12.4. The second kappa shape index (κ2) is 9.50. The highest BCUT2D eigenvalue weighted by atomic mass is 16.5. The molecule has 2 aliphatic rings. The van der Waals surface area contributed by atoms with Crippen molar-refractivity contribution in [3.8, 4) is 11.1 Å². The molecule has 2 atom stereocenters. The number of alkyl carbamates (subject to hydrolysis) is 1. The number of carboxylic acids is 1. The van der Waals surface area contributed by atoms with Gasteiger partial charge in [-0.3, -0.25) is 9.59 Å². The van der Waals surface area contributed by atoms with Gasteiger partial charge in [0.15, 0.2) is 5.76 Å². The predicted octanol–water partition coefficient (Wildman–Crippen LogP) is 4.08. The fraction of sp³-hybridized carbons (Fsp3) is 0.222. The lowest BCUT2D eigenvalue weighted by molar-refractivity contribution is -0.140. The van der Waals surface area contributed by atoms with Gasteiger partial charge in [-0.15, -0.1) is 0 Å². The number of fused-ring (bicyclic) bond motifs is 3. The quantitative estimate of drug-likeness (QED) is 0.446. The zero-order valence-electron chi connectivity index (χ0n) is 18.8. The Kier molecular flexibility index (Phi) is 6.10. The van der Waals surface area contributed by atoms with E-state index < -0.39 is 23.9 Å². The first kappa shape index (κ1) is 22.5. The summed E-state index contributed by atoms with van der Waals surface area (Å²) in [5.41, 5.74) is 4.58. The molecular formula is C27H24N2O6. The largest absolute Gasteiger partial charge is 0.481 e. The molecule has 2 aromatic carbocycles. The van der Waals surface area contributed by atoms with E-state index >= 15 is 0 Å². The lowest BCUT2D eigenvalue weighted by atomic mass is 9.98. The first-order chi connectivity index (χ1) is 17.0. The highest BCUT2D eigenvalue weighted by Crippen LogP contribution is 2.44. The third-order valence-corrected chi connectivity index (χ3v) is 6.35. The summed E-state index contributed by atoms with van der Waals surface area (Å²) >= 11 is 0. The summed E-state index contributed by atoms with van der Waals surface area (Å²) in [5.74, 6) is -1.52. The van der Waals surface area contributed by atoms with Crippen LogP contribution >= 0.6 is 0 Å². The number of hydrogen-bond donors (Lipinski definition) is 3. The molecular weight excluding hydrogens is 448 g/mol. The maximum atomic E-state index is 12.4. The molecule has 8 heteroatoms. The summed E-state index contributed by atoms with van der Waals surface area (Å²) in [5, 5.41) is 14.4. The number of rotatable bonds is 7. The maximum Gasteiger partial charge on any atom is 0.407 e. The van der Waals surface area contributed by atoms with Gasteiger partial charge in [0.05, 0.1) is 12.5 Å². The van der Waals surface area contributed by atoms with Crippen LogP contribution in [0.2, 0.25) is 0 Å². The summed E-state index contributed by atoms with van der Waals surface area (Å²) in [7, 11) is 0. The van der Waals surface area contributed by atoms with Crippen molar-refractivity contribution in [3.05, 3.63) is 95.5 Å². The van der Waals surface area contributed by atoms with E-state index in [4.69, 9.17) is 14.3 Å². The summed E-state index contributed by atoms with van der Waals surface area (Å²) in [6.07, 6.45) is 2.96. The Morgan fingerprint density at radius 3 is 2.29 bits per heavy atom. The average molecular weight is 472 g/mol. The van der Waals surface area contributed by atoms with Gasteiger partial charge in [-0.2, -0.15) is 0 Å². The molecule has 1 aromatic heterocycles. The van der Waals surface area contributed by atoms with Crippen LogP contribution in [0.3, 0.4) is 0 Å². The highest BCUT2D eigenvalue weighted by molar-refractivity contribution is 5.92. The molecule has 2 unspecified atom stereocenters. The fourth-order valence-electron chi connectivity index (χ4n) is 4.63. The molecule has 0 saturated heterocycles. The fourth-order valence-corrected chi connectivity index (χ4v) is 4.63. The summed E-state index contributed by atoms with van der Waals surface area (Å²) in [6, 6.07) is 19.0. The van der Waals surface area contributed by atoms with Crippen LogP contribution in [0, 0.1) is 5.92 Å². The van der Waals surface area contributed by atoms with E-state index in [1.54, 1.807) is 18.2 Å². The summed E-state index contributed by atoms with van der Waals surface area (Å²) in [6.45, 7) is 0.270. The Hall–Kier alpha value is -4.33. The van der Waals surface area contributed by atoms with Crippen molar-refractivity contribution >= 4 is 18.0 Å². The van der Waals surface area contributed by atoms with E-state index in [2.05, 4.69) is 34.9 Å². The molecule has 0 bridgehead atoms. The molecule has 2 amide bonds. The minimum absolute atomic E-state index is 0.0302. The lowest BCUT2D eigenvalue weighted by Gasteiger charge is -2.14. The van der Waals surface area contributed by atoms with Gasteiger partial charge in [-0.25, -0.2) is 4.79 Å². The van der Waals surface area contributed by atoms with Gasteiger partial charge in [0.2, 0.25) is 0 Å². The van der Waals surface area contributed by atoms with E-state index in [0.717, 1.165) is 22.3 Å². The molecule has 2 aliphatic carbocycles. The first-order valence-electron chi connectivity index (χ1n) is 11.4. The standard InChI is InChI=1S/C27H24N2O6/c30-25(29-17-10-9-16(13-17)26(31)32)24-12-11-18(35-24)14-28-27(33)34-15-23-21-7-3-1-5-19(21)20-6-2-4-8-22(20)23/h1-12,16-17,23H,13-15H2,(H,28,33)(H,29,30)(H,31,32). The zero-order valence-corrected chi connectivity index (χ0v) is 18.8. The summed E-state index contributed by atoms with van der Waals surface area (Å²) < 4.78 is 11.0.